The van der Waals surface area contributed by atoms with Gasteiger partial charge in [-0.1, -0.05) is 0 Å². The van der Waals surface area contributed by atoms with E-state index < -0.39 is 11.7 Å². The number of hydrogen-bond donors (Lipinski definition) is 1. The Labute approximate surface area is 103 Å². The highest BCUT2D eigenvalue weighted by atomic mass is 16.6. The summed E-state index contributed by atoms with van der Waals surface area (Å²) in [5.74, 6) is 0.109. The van der Waals surface area contributed by atoms with Crippen molar-refractivity contribution in [2.24, 2.45) is 5.92 Å². The van der Waals surface area contributed by atoms with Crippen LogP contribution in [0.25, 0.3) is 0 Å². The average Bonchev–Trinajstić information content (AvgIpc) is 2.44. The summed E-state index contributed by atoms with van der Waals surface area (Å²) < 4.78 is 5.29. The van der Waals surface area contributed by atoms with Crippen LogP contribution in [0.4, 0.5) is 4.79 Å². The molecule has 5 heteroatoms. The number of carbonyl (C=O) groups excluding carboxylic acids is 1. The van der Waals surface area contributed by atoms with Gasteiger partial charge in [-0.25, -0.2) is 4.79 Å². The van der Waals surface area contributed by atoms with Crippen molar-refractivity contribution in [3.8, 4) is 0 Å². The molecule has 1 saturated heterocycles. The van der Waals surface area contributed by atoms with E-state index in [2.05, 4.69) is 0 Å². The van der Waals surface area contributed by atoms with Crippen molar-refractivity contribution in [3.63, 3.8) is 0 Å². The molecule has 17 heavy (non-hydrogen) atoms. The van der Waals surface area contributed by atoms with Crippen molar-refractivity contribution in [1.29, 1.82) is 0 Å². The standard InChI is InChI=1S/C12H24N2O3/c1-12(2,3)17-11(16)14-7-9(6-13(4)5)10(15)8-14/h9-10,15H,6-8H2,1-5H3/t9-,10+/m1/s1. The molecule has 0 aliphatic carbocycles. The maximum Gasteiger partial charge on any atom is 0.410 e. The molecule has 1 rings (SSSR count). The van der Waals surface area contributed by atoms with E-state index in [4.69, 9.17) is 4.74 Å². The van der Waals surface area contributed by atoms with Crippen molar-refractivity contribution >= 4 is 6.09 Å². The minimum absolute atomic E-state index is 0.109. The Hall–Kier alpha value is -0.810. The highest BCUT2D eigenvalue weighted by molar-refractivity contribution is 5.68. The van der Waals surface area contributed by atoms with E-state index in [9.17, 15) is 9.90 Å². The zero-order chi connectivity index (χ0) is 13.2. The number of nitrogens with zero attached hydrogens (tertiary/aromatic N) is 2. The van der Waals surface area contributed by atoms with Crippen molar-refractivity contribution in [1.82, 2.24) is 9.80 Å². The van der Waals surface area contributed by atoms with Crippen LogP contribution in [0, 0.1) is 5.92 Å². The lowest BCUT2D eigenvalue weighted by Crippen LogP contribution is -2.36. The Kier molecular flexibility index (Phi) is 4.38. The number of amides is 1. The minimum atomic E-state index is -0.484. The van der Waals surface area contributed by atoms with Gasteiger partial charge in [0, 0.05) is 19.0 Å². The van der Waals surface area contributed by atoms with Gasteiger partial charge in [0.15, 0.2) is 0 Å². The lowest BCUT2D eigenvalue weighted by atomic mass is 10.1. The number of aliphatic hydroxyl groups is 1. The maximum atomic E-state index is 11.8. The maximum absolute atomic E-state index is 11.8. The number of β-amino-alcohol motifs (C(OH)–C–C–N with tert-alkyl or cyclic N) is 1. The molecule has 2 atom stereocenters. The third kappa shape index (κ3) is 4.52. The molecule has 0 bridgehead atoms. The van der Waals surface area contributed by atoms with Gasteiger partial charge in [-0.2, -0.15) is 0 Å². The van der Waals surface area contributed by atoms with E-state index in [1.165, 1.54) is 0 Å². The fraction of sp³-hybridized carbons (Fsp3) is 0.917. The highest BCUT2D eigenvalue weighted by Gasteiger charge is 2.36. The van der Waals surface area contributed by atoms with Gasteiger partial charge in [-0.3, -0.25) is 0 Å². The van der Waals surface area contributed by atoms with Crippen LogP contribution >= 0.6 is 0 Å². The smallest absolute Gasteiger partial charge is 0.410 e. The second kappa shape index (κ2) is 5.23. The molecule has 1 amide bonds. The Morgan fingerprint density at radius 3 is 2.47 bits per heavy atom. The summed E-state index contributed by atoms with van der Waals surface area (Å²) in [6.07, 6.45) is -0.789. The highest BCUT2D eigenvalue weighted by Crippen LogP contribution is 2.20. The van der Waals surface area contributed by atoms with Crippen molar-refractivity contribution in [3.05, 3.63) is 0 Å². The second-order valence-electron chi connectivity index (χ2n) is 5.97. The van der Waals surface area contributed by atoms with Crippen LogP contribution in [0.2, 0.25) is 0 Å². The quantitative estimate of drug-likeness (QED) is 0.780. The number of aliphatic hydroxyl groups excluding tert-OH is 1. The van der Waals surface area contributed by atoms with Crippen molar-refractivity contribution in [2.45, 2.75) is 32.5 Å². The summed E-state index contributed by atoms with van der Waals surface area (Å²) in [7, 11) is 3.92. The van der Waals surface area contributed by atoms with Crippen LogP contribution in [0.3, 0.4) is 0 Å². The molecule has 1 heterocycles. The van der Waals surface area contributed by atoms with E-state index in [1.54, 1.807) is 4.90 Å². The fourth-order valence-corrected chi connectivity index (χ4v) is 1.98. The summed E-state index contributed by atoms with van der Waals surface area (Å²) >= 11 is 0. The predicted molar refractivity (Wildman–Crippen MR) is 65.9 cm³/mol. The van der Waals surface area contributed by atoms with E-state index in [0.717, 1.165) is 6.54 Å². The Balaban J connectivity index is 2.51. The summed E-state index contributed by atoms with van der Waals surface area (Å²) in [6, 6.07) is 0. The van der Waals surface area contributed by atoms with Crippen LogP contribution in [0.1, 0.15) is 20.8 Å². The zero-order valence-corrected chi connectivity index (χ0v) is 11.4. The molecule has 0 saturated carbocycles. The van der Waals surface area contributed by atoms with Gasteiger partial charge < -0.3 is 19.6 Å². The lowest BCUT2D eigenvalue weighted by Gasteiger charge is -2.24. The molecule has 1 aliphatic rings. The Morgan fingerprint density at radius 1 is 1.41 bits per heavy atom. The van der Waals surface area contributed by atoms with Gasteiger partial charge in [0.1, 0.15) is 5.60 Å². The van der Waals surface area contributed by atoms with Gasteiger partial charge in [0.25, 0.3) is 0 Å². The number of likely N-dealkylation sites (tertiary alicyclic amines) is 1. The normalized spacial score (nSPS) is 25.5. The van der Waals surface area contributed by atoms with Crippen LogP contribution in [-0.4, -0.2) is 66.4 Å². The first-order chi connectivity index (χ1) is 7.69. The molecular weight excluding hydrogens is 220 g/mol. The molecule has 100 valence electrons. The average molecular weight is 244 g/mol. The molecule has 0 aromatic heterocycles. The van der Waals surface area contributed by atoms with E-state index in [-0.39, 0.29) is 12.0 Å². The third-order valence-corrected chi connectivity index (χ3v) is 2.66. The van der Waals surface area contributed by atoms with Gasteiger partial charge >= 0.3 is 6.09 Å². The van der Waals surface area contributed by atoms with Crippen molar-refractivity contribution in [2.75, 3.05) is 33.7 Å². The molecule has 1 fully saturated rings. The molecule has 0 aromatic carbocycles. The second-order valence-corrected chi connectivity index (χ2v) is 5.97. The molecule has 1 aliphatic heterocycles. The first-order valence-electron chi connectivity index (χ1n) is 6.00. The molecule has 5 nitrogen and oxygen atoms in total. The Bertz CT molecular complexity index is 273. The van der Waals surface area contributed by atoms with Gasteiger partial charge in [-0.15, -0.1) is 0 Å². The van der Waals surface area contributed by atoms with Crippen LogP contribution in [0.15, 0.2) is 0 Å². The number of ether oxygens (including phenoxy) is 1. The van der Waals surface area contributed by atoms with Gasteiger partial charge in [-0.05, 0) is 34.9 Å². The summed E-state index contributed by atoms with van der Waals surface area (Å²) in [6.45, 7) is 7.24. The predicted octanol–water partition coefficient (Wildman–Crippen LogP) is 0.776. The summed E-state index contributed by atoms with van der Waals surface area (Å²) in [5.41, 5.74) is -0.484. The molecule has 0 radical (unpaired) electrons. The van der Waals surface area contributed by atoms with E-state index in [0.29, 0.717) is 13.1 Å². The topological polar surface area (TPSA) is 53.0 Å². The SMILES string of the molecule is CN(C)C[C@@H]1CN(C(=O)OC(C)(C)C)C[C@@H]1O. The Morgan fingerprint density at radius 2 is 2.00 bits per heavy atom. The minimum Gasteiger partial charge on any atom is -0.444 e. The number of carbonyl (C=O) groups is 1. The summed E-state index contributed by atoms with van der Waals surface area (Å²) in [4.78, 5) is 15.4. The third-order valence-electron chi connectivity index (χ3n) is 2.66. The molecule has 1 N–H and O–H groups in total. The van der Waals surface area contributed by atoms with Crippen LogP contribution in [-0.2, 0) is 4.74 Å². The van der Waals surface area contributed by atoms with Crippen molar-refractivity contribution < 1.29 is 14.6 Å². The van der Waals surface area contributed by atoms with Crippen LogP contribution < -0.4 is 0 Å². The first-order valence-corrected chi connectivity index (χ1v) is 6.00. The largest absolute Gasteiger partial charge is 0.444 e. The first kappa shape index (κ1) is 14.3. The molecule has 0 aromatic rings. The summed E-state index contributed by atoms with van der Waals surface area (Å²) in [5, 5.41) is 9.88. The number of rotatable bonds is 2. The molecule has 0 spiro atoms. The molecular formula is C12H24N2O3. The fourth-order valence-electron chi connectivity index (χ4n) is 1.98. The monoisotopic (exact) mass is 244 g/mol. The molecule has 0 unspecified atom stereocenters. The van der Waals surface area contributed by atoms with Crippen LogP contribution in [0.5, 0.6) is 0 Å². The van der Waals surface area contributed by atoms with E-state index >= 15 is 0 Å². The lowest BCUT2D eigenvalue weighted by molar-refractivity contribution is 0.0269. The zero-order valence-electron chi connectivity index (χ0n) is 11.4. The number of hydrogen-bond acceptors (Lipinski definition) is 4. The van der Waals surface area contributed by atoms with Gasteiger partial charge in [0.2, 0.25) is 0 Å². The van der Waals surface area contributed by atoms with Gasteiger partial charge in [0.05, 0.1) is 12.6 Å². The van der Waals surface area contributed by atoms with E-state index in [1.807, 2.05) is 39.8 Å².